The predicted molar refractivity (Wildman–Crippen MR) is 119 cm³/mol. The Morgan fingerprint density at radius 1 is 1.16 bits per heavy atom. The van der Waals surface area contributed by atoms with E-state index < -0.39 is 16.2 Å². The number of carbonyl (C=O) groups is 1. The van der Waals surface area contributed by atoms with Gasteiger partial charge >= 0.3 is 0 Å². The summed E-state index contributed by atoms with van der Waals surface area (Å²) < 4.78 is 28.9. The minimum Gasteiger partial charge on any atom is -0.329 e. The molecule has 9 heteroatoms. The Kier molecular flexibility index (Phi) is 5.82. The van der Waals surface area contributed by atoms with Crippen LogP contribution in [0.25, 0.3) is 11.1 Å². The molecule has 0 radical (unpaired) electrons. The highest BCUT2D eigenvalue weighted by atomic mass is 32.2. The van der Waals surface area contributed by atoms with E-state index in [0.717, 1.165) is 28.5 Å². The van der Waals surface area contributed by atoms with Crippen molar-refractivity contribution in [2.45, 2.75) is 26.1 Å². The molecule has 1 atom stereocenters. The number of nitrogens with zero attached hydrogens (tertiary/aromatic N) is 4. The molecule has 1 aromatic carbocycles. The van der Waals surface area contributed by atoms with E-state index in [-0.39, 0.29) is 5.91 Å². The van der Waals surface area contributed by atoms with E-state index in [1.54, 1.807) is 15.6 Å². The molecule has 3 aromatic rings. The zero-order chi connectivity index (χ0) is 22.9. The first-order valence-corrected chi connectivity index (χ1v) is 11.8. The number of aryl methyl sites for hydroxylation is 1. The van der Waals surface area contributed by atoms with Crippen LogP contribution in [0.3, 0.4) is 0 Å². The average Bonchev–Trinajstić information content (AvgIpc) is 3.29. The van der Waals surface area contributed by atoms with E-state index >= 15 is 0 Å². The lowest BCUT2D eigenvalue weighted by molar-refractivity contribution is 0.0762. The van der Waals surface area contributed by atoms with E-state index in [1.165, 1.54) is 6.92 Å². The van der Waals surface area contributed by atoms with Gasteiger partial charge in [-0.25, -0.2) is 4.98 Å². The Labute approximate surface area is 187 Å². The van der Waals surface area contributed by atoms with Crippen LogP contribution in [0.2, 0.25) is 0 Å². The Balaban J connectivity index is 1.44. The molecule has 0 aliphatic carbocycles. The van der Waals surface area contributed by atoms with E-state index in [1.807, 2.05) is 49.8 Å². The van der Waals surface area contributed by atoms with Gasteiger partial charge in [-0.2, -0.15) is 13.5 Å². The van der Waals surface area contributed by atoms with Crippen LogP contribution in [0.5, 0.6) is 0 Å². The van der Waals surface area contributed by atoms with Crippen molar-refractivity contribution in [1.82, 2.24) is 19.7 Å². The lowest BCUT2D eigenvalue weighted by atomic mass is 10.1. The van der Waals surface area contributed by atoms with Crippen molar-refractivity contribution >= 4 is 16.0 Å². The number of hydrogen-bond acceptors (Lipinski definition) is 6. The number of rotatable bonds is 5. The molecule has 0 fully saturated rings. The molecule has 0 saturated carbocycles. The molecule has 1 aliphatic rings. The summed E-state index contributed by atoms with van der Waals surface area (Å²) in [5.74, 6) is 5.31. The van der Waals surface area contributed by atoms with Crippen LogP contribution in [0.1, 0.15) is 34.2 Å². The van der Waals surface area contributed by atoms with Crippen LogP contribution in [0.4, 0.5) is 0 Å². The first-order chi connectivity index (χ1) is 15.2. The van der Waals surface area contributed by atoms with Gasteiger partial charge in [0, 0.05) is 37.5 Å². The van der Waals surface area contributed by atoms with Crippen LogP contribution in [0.15, 0.2) is 48.8 Å². The van der Waals surface area contributed by atoms with Crippen LogP contribution in [-0.4, -0.2) is 46.3 Å². The van der Waals surface area contributed by atoms with E-state index in [9.17, 15) is 13.2 Å². The maximum atomic E-state index is 12.9. The second kappa shape index (κ2) is 8.57. The van der Waals surface area contributed by atoms with E-state index in [0.29, 0.717) is 24.5 Å². The third kappa shape index (κ3) is 5.04. The van der Waals surface area contributed by atoms with Gasteiger partial charge in [0.1, 0.15) is 17.5 Å². The predicted octanol–water partition coefficient (Wildman–Crippen LogP) is 2.35. The molecule has 1 aliphatic heterocycles. The molecule has 1 amide bonds. The molecule has 3 heterocycles. The fraction of sp³-hybridized carbons (Fsp3) is 0.261. The molecule has 0 spiro atoms. The highest BCUT2D eigenvalue weighted by Gasteiger charge is 2.29. The van der Waals surface area contributed by atoms with Gasteiger partial charge in [-0.3, -0.25) is 13.7 Å². The van der Waals surface area contributed by atoms with Crippen molar-refractivity contribution < 1.29 is 17.4 Å². The summed E-state index contributed by atoms with van der Waals surface area (Å²) in [5.41, 5.74) is 4.73. The average molecular weight is 451 g/mol. The van der Waals surface area contributed by atoms with Crippen molar-refractivity contribution in [3.8, 4) is 23.0 Å². The standard InChI is InChI=1S/C23H22N4O4S/c1-16(31-32(3,29)30)4-10-21-11-9-19-15-27(23(28)22(19)25-21)13-17-5-7-18(8-6-17)20-12-24-26(2)14-20/h5-9,11-12,14,16H,13,15H2,1-3H3. The molecule has 0 bridgehead atoms. The summed E-state index contributed by atoms with van der Waals surface area (Å²) in [7, 11) is -1.71. The van der Waals surface area contributed by atoms with Crippen molar-refractivity contribution in [1.29, 1.82) is 0 Å². The second-order valence-electron chi connectivity index (χ2n) is 7.68. The molecule has 32 heavy (non-hydrogen) atoms. The molecule has 4 rings (SSSR count). The Bertz CT molecular complexity index is 1330. The Hall–Kier alpha value is -3.48. The molecule has 2 aromatic heterocycles. The number of carbonyl (C=O) groups excluding carboxylic acids is 1. The van der Waals surface area contributed by atoms with Gasteiger partial charge in [0.15, 0.2) is 0 Å². The van der Waals surface area contributed by atoms with Crippen molar-refractivity contribution in [3.05, 3.63) is 71.3 Å². The van der Waals surface area contributed by atoms with Gasteiger partial charge in [-0.05, 0) is 30.0 Å². The number of aromatic nitrogens is 3. The Morgan fingerprint density at radius 2 is 1.91 bits per heavy atom. The van der Waals surface area contributed by atoms with Crippen LogP contribution < -0.4 is 0 Å². The molecule has 8 nitrogen and oxygen atoms in total. The summed E-state index contributed by atoms with van der Waals surface area (Å²) in [6.45, 7) is 2.49. The minimum absolute atomic E-state index is 0.152. The van der Waals surface area contributed by atoms with Gasteiger partial charge in [-0.15, -0.1) is 0 Å². The smallest absolute Gasteiger partial charge is 0.273 e. The molecule has 164 valence electrons. The van der Waals surface area contributed by atoms with Gasteiger partial charge in [-0.1, -0.05) is 36.3 Å². The summed E-state index contributed by atoms with van der Waals surface area (Å²) >= 11 is 0. The van der Waals surface area contributed by atoms with Crippen molar-refractivity contribution in [3.63, 3.8) is 0 Å². The summed E-state index contributed by atoms with van der Waals surface area (Å²) in [6, 6.07) is 11.6. The highest BCUT2D eigenvalue weighted by molar-refractivity contribution is 7.86. The lowest BCUT2D eigenvalue weighted by Gasteiger charge is -2.15. The van der Waals surface area contributed by atoms with Gasteiger partial charge in [0.2, 0.25) is 0 Å². The maximum absolute atomic E-state index is 12.9. The quantitative estimate of drug-likeness (QED) is 0.438. The highest BCUT2D eigenvalue weighted by Crippen LogP contribution is 2.25. The topological polar surface area (TPSA) is 94.4 Å². The number of pyridine rings is 1. The van der Waals surface area contributed by atoms with Crippen LogP contribution >= 0.6 is 0 Å². The molecule has 0 saturated heterocycles. The third-order valence-electron chi connectivity index (χ3n) is 4.92. The normalized spacial score (nSPS) is 14.1. The largest absolute Gasteiger partial charge is 0.329 e. The first kappa shape index (κ1) is 21.7. The fourth-order valence-electron chi connectivity index (χ4n) is 3.48. The number of fused-ring (bicyclic) bond motifs is 1. The zero-order valence-electron chi connectivity index (χ0n) is 17.9. The number of benzene rings is 1. The minimum atomic E-state index is -3.59. The fourth-order valence-corrected chi connectivity index (χ4v) is 4.05. The monoisotopic (exact) mass is 450 g/mol. The maximum Gasteiger partial charge on any atom is 0.273 e. The molecular weight excluding hydrogens is 428 g/mol. The van der Waals surface area contributed by atoms with Crippen molar-refractivity contribution in [2.75, 3.05) is 6.26 Å². The summed E-state index contributed by atoms with van der Waals surface area (Å²) in [4.78, 5) is 19.0. The van der Waals surface area contributed by atoms with Gasteiger partial charge in [0.05, 0.1) is 12.5 Å². The SMILES string of the molecule is CC(C#Cc1ccc2c(n1)C(=O)N(Cc1ccc(-c3cnn(C)c3)cc1)C2)OS(C)(=O)=O. The van der Waals surface area contributed by atoms with Gasteiger partial charge < -0.3 is 4.90 Å². The van der Waals surface area contributed by atoms with Crippen LogP contribution in [-0.2, 0) is 34.4 Å². The third-order valence-corrected chi connectivity index (χ3v) is 5.56. The van der Waals surface area contributed by atoms with E-state index in [4.69, 9.17) is 4.18 Å². The molecule has 1 unspecified atom stereocenters. The molecular formula is C23H22N4O4S. The Morgan fingerprint density at radius 3 is 2.56 bits per heavy atom. The second-order valence-corrected chi connectivity index (χ2v) is 9.28. The molecule has 0 N–H and O–H groups in total. The number of amides is 1. The van der Waals surface area contributed by atoms with Crippen LogP contribution in [0, 0.1) is 11.8 Å². The van der Waals surface area contributed by atoms with Crippen molar-refractivity contribution in [2.24, 2.45) is 7.05 Å². The zero-order valence-corrected chi connectivity index (χ0v) is 18.8. The van der Waals surface area contributed by atoms with E-state index in [2.05, 4.69) is 21.9 Å². The van der Waals surface area contributed by atoms with Gasteiger partial charge in [0.25, 0.3) is 16.0 Å². The number of hydrogen-bond donors (Lipinski definition) is 0. The summed E-state index contributed by atoms with van der Waals surface area (Å²) in [5, 5.41) is 4.19. The first-order valence-electron chi connectivity index (χ1n) is 9.95. The summed E-state index contributed by atoms with van der Waals surface area (Å²) in [6.07, 6.45) is 3.94. The lowest BCUT2D eigenvalue weighted by Crippen LogP contribution is -2.23.